The molecule has 0 unspecified atom stereocenters. The third-order valence-corrected chi connectivity index (χ3v) is 3.16. The van der Waals surface area contributed by atoms with E-state index in [-0.39, 0.29) is 17.3 Å². The number of anilines is 2. The zero-order valence-corrected chi connectivity index (χ0v) is 13.5. The Morgan fingerprint density at radius 3 is 2.25 bits per heavy atom. The van der Waals surface area contributed by atoms with Crippen molar-refractivity contribution in [2.75, 3.05) is 17.7 Å². The molecule has 1 aromatic carbocycles. The number of hydrogen-bond acceptors (Lipinski definition) is 4. The first-order valence-electron chi connectivity index (χ1n) is 7.51. The molecule has 2 aromatic rings. The SMILES string of the molecule is CCCn1nc(C(=O)Nc2ccc(NC(=O)NC)cc2)ccc1=O. The summed E-state index contributed by atoms with van der Waals surface area (Å²) in [6, 6.07) is 9.04. The van der Waals surface area contributed by atoms with Gasteiger partial charge in [-0.1, -0.05) is 6.92 Å². The van der Waals surface area contributed by atoms with Gasteiger partial charge in [0.2, 0.25) is 0 Å². The summed E-state index contributed by atoms with van der Waals surface area (Å²) in [6.07, 6.45) is 0.748. The van der Waals surface area contributed by atoms with Gasteiger partial charge in [0.1, 0.15) is 5.69 Å². The summed E-state index contributed by atoms with van der Waals surface area (Å²) in [7, 11) is 1.52. The van der Waals surface area contributed by atoms with Crippen molar-refractivity contribution in [3.8, 4) is 0 Å². The lowest BCUT2D eigenvalue weighted by molar-refractivity contribution is 0.101. The topological polar surface area (TPSA) is 105 Å². The van der Waals surface area contributed by atoms with Gasteiger partial charge in [0, 0.05) is 31.0 Å². The molecule has 8 nitrogen and oxygen atoms in total. The van der Waals surface area contributed by atoms with Crippen LogP contribution in [0.4, 0.5) is 16.2 Å². The average molecular weight is 329 g/mol. The molecule has 3 N–H and O–H groups in total. The fourth-order valence-electron chi connectivity index (χ4n) is 1.97. The van der Waals surface area contributed by atoms with Crippen molar-refractivity contribution in [3.05, 3.63) is 52.4 Å². The van der Waals surface area contributed by atoms with Crippen LogP contribution in [0, 0.1) is 0 Å². The van der Waals surface area contributed by atoms with E-state index in [0.717, 1.165) is 6.42 Å². The zero-order chi connectivity index (χ0) is 17.5. The lowest BCUT2D eigenvalue weighted by Gasteiger charge is -2.08. The van der Waals surface area contributed by atoms with Crippen LogP contribution in [-0.2, 0) is 6.54 Å². The second kappa shape index (κ2) is 7.91. The van der Waals surface area contributed by atoms with Gasteiger partial charge >= 0.3 is 6.03 Å². The van der Waals surface area contributed by atoms with Gasteiger partial charge in [0.05, 0.1) is 0 Å². The van der Waals surface area contributed by atoms with Gasteiger partial charge in [-0.2, -0.15) is 5.10 Å². The quantitative estimate of drug-likeness (QED) is 0.775. The second-order valence-electron chi connectivity index (χ2n) is 5.02. The summed E-state index contributed by atoms with van der Waals surface area (Å²) >= 11 is 0. The summed E-state index contributed by atoms with van der Waals surface area (Å²) in [6.45, 7) is 2.38. The fourth-order valence-corrected chi connectivity index (χ4v) is 1.97. The summed E-state index contributed by atoms with van der Waals surface area (Å²) in [5, 5.41) is 11.8. The van der Waals surface area contributed by atoms with Crippen LogP contribution in [0.2, 0.25) is 0 Å². The Kier molecular flexibility index (Phi) is 5.67. The molecular formula is C16H19N5O3. The van der Waals surface area contributed by atoms with Crippen LogP contribution >= 0.6 is 0 Å². The molecule has 24 heavy (non-hydrogen) atoms. The molecule has 0 aliphatic carbocycles. The van der Waals surface area contributed by atoms with Crippen molar-refractivity contribution in [1.29, 1.82) is 0 Å². The molecule has 0 radical (unpaired) electrons. The maximum Gasteiger partial charge on any atom is 0.318 e. The molecule has 8 heteroatoms. The highest BCUT2D eigenvalue weighted by molar-refractivity contribution is 6.02. The maximum atomic E-state index is 12.2. The molecule has 0 fully saturated rings. The van der Waals surface area contributed by atoms with E-state index in [2.05, 4.69) is 21.0 Å². The average Bonchev–Trinajstić information content (AvgIpc) is 2.58. The van der Waals surface area contributed by atoms with E-state index < -0.39 is 5.91 Å². The molecule has 2 rings (SSSR count). The van der Waals surface area contributed by atoms with E-state index in [0.29, 0.717) is 17.9 Å². The number of aromatic nitrogens is 2. The molecule has 0 atom stereocenters. The molecule has 126 valence electrons. The highest BCUT2D eigenvalue weighted by atomic mass is 16.2. The van der Waals surface area contributed by atoms with E-state index in [1.165, 1.54) is 23.9 Å². The Hall–Kier alpha value is -3.16. The first-order chi connectivity index (χ1) is 11.5. The molecule has 0 spiro atoms. The summed E-state index contributed by atoms with van der Waals surface area (Å²) in [4.78, 5) is 35.1. The molecule has 0 saturated carbocycles. The Morgan fingerprint density at radius 1 is 1.04 bits per heavy atom. The highest BCUT2D eigenvalue weighted by Gasteiger charge is 2.10. The standard InChI is InChI=1S/C16H19N5O3/c1-3-10-21-14(22)9-8-13(20-21)15(23)18-11-4-6-12(7-5-11)19-16(24)17-2/h4-9H,3,10H2,1-2H3,(H,18,23)(H2,17,19,24). The van der Waals surface area contributed by atoms with Gasteiger partial charge in [-0.25, -0.2) is 9.48 Å². The first kappa shape index (κ1) is 17.2. The number of nitrogens with zero attached hydrogens (tertiary/aromatic N) is 2. The maximum absolute atomic E-state index is 12.2. The van der Waals surface area contributed by atoms with Crippen molar-refractivity contribution < 1.29 is 9.59 Å². The predicted molar refractivity (Wildman–Crippen MR) is 91.3 cm³/mol. The number of amides is 3. The minimum Gasteiger partial charge on any atom is -0.341 e. The summed E-state index contributed by atoms with van der Waals surface area (Å²) < 4.78 is 1.27. The summed E-state index contributed by atoms with van der Waals surface area (Å²) in [5.41, 5.74) is 1.08. The van der Waals surface area contributed by atoms with E-state index in [1.807, 2.05) is 6.92 Å². The predicted octanol–water partition coefficient (Wildman–Crippen LogP) is 1.66. The Bertz CT molecular complexity index is 783. The largest absolute Gasteiger partial charge is 0.341 e. The lowest BCUT2D eigenvalue weighted by atomic mass is 10.2. The van der Waals surface area contributed by atoms with Crippen LogP contribution in [-0.4, -0.2) is 28.8 Å². The number of benzene rings is 1. The fraction of sp³-hybridized carbons (Fsp3) is 0.250. The van der Waals surface area contributed by atoms with Gasteiger partial charge in [-0.05, 0) is 36.8 Å². The van der Waals surface area contributed by atoms with Crippen molar-refractivity contribution >= 4 is 23.3 Å². The number of hydrogen-bond donors (Lipinski definition) is 3. The molecular weight excluding hydrogens is 310 g/mol. The van der Waals surface area contributed by atoms with Gasteiger partial charge in [0.15, 0.2) is 0 Å². The van der Waals surface area contributed by atoms with Crippen molar-refractivity contribution in [2.24, 2.45) is 0 Å². The third kappa shape index (κ3) is 4.42. The molecule has 1 heterocycles. The van der Waals surface area contributed by atoms with Crippen molar-refractivity contribution in [2.45, 2.75) is 19.9 Å². The van der Waals surface area contributed by atoms with Gasteiger partial charge < -0.3 is 16.0 Å². The lowest BCUT2D eigenvalue weighted by Crippen LogP contribution is -2.26. The van der Waals surface area contributed by atoms with E-state index in [4.69, 9.17) is 0 Å². The minimum atomic E-state index is -0.410. The zero-order valence-electron chi connectivity index (χ0n) is 13.5. The molecule has 0 bridgehead atoms. The normalized spacial score (nSPS) is 10.1. The number of nitrogens with one attached hydrogen (secondary N) is 3. The molecule has 0 aliphatic heterocycles. The van der Waals surface area contributed by atoms with Crippen LogP contribution in [0.15, 0.2) is 41.2 Å². The number of rotatable bonds is 5. The van der Waals surface area contributed by atoms with E-state index in [9.17, 15) is 14.4 Å². The Morgan fingerprint density at radius 2 is 1.67 bits per heavy atom. The molecule has 3 amide bonds. The number of carbonyl (C=O) groups excluding carboxylic acids is 2. The van der Waals surface area contributed by atoms with Crippen LogP contribution in [0.5, 0.6) is 0 Å². The molecule has 1 aromatic heterocycles. The van der Waals surface area contributed by atoms with E-state index >= 15 is 0 Å². The smallest absolute Gasteiger partial charge is 0.318 e. The number of carbonyl (C=O) groups is 2. The third-order valence-electron chi connectivity index (χ3n) is 3.16. The van der Waals surface area contributed by atoms with Crippen LogP contribution in [0.1, 0.15) is 23.8 Å². The Balaban J connectivity index is 2.08. The highest BCUT2D eigenvalue weighted by Crippen LogP contribution is 2.14. The Labute approximate surface area is 138 Å². The van der Waals surface area contributed by atoms with Crippen LogP contribution in [0.3, 0.4) is 0 Å². The van der Waals surface area contributed by atoms with Crippen molar-refractivity contribution in [1.82, 2.24) is 15.1 Å². The van der Waals surface area contributed by atoms with Crippen LogP contribution in [0.25, 0.3) is 0 Å². The van der Waals surface area contributed by atoms with Gasteiger partial charge in [-0.3, -0.25) is 9.59 Å². The van der Waals surface area contributed by atoms with E-state index in [1.54, 1.807) is 24.3 Å². The monoisotopic (exact) mass is 329 g/mol. The summed E-state index contributed by atoms with van der Waals surface area (Å²) in [5.74, 6) is -0.410. The molecule has 0 aliphatic rings. The minimum absolute atomic E-state index is 0.163. The number of urea groups is 1. The van der Waals surface area contributed by atoms with Gasteiger partial charge in [0.25, 0.3) is 11.5 Å². The molecule has 0 saturated heterocycles. The number of aryl methyl sites for hydroxylation is 1. The van der Waals surface area contributed by atoms with Gasteiger partial charge in [-0.15, -0.1) is 0 Å². The first-order valence-corrected chi connectivity index (χ1v) is 7.51. The van der Waals surface area contributed by atoms with Crippen molar-refractivity contribution in [3.63, 3.8) is 0 Å². The van der Waals surface area contributed by atoms with Crippen LogP contribution < -0.4 is 21.5 Å². The second-order valence-corrected chi connectivity index (χ2v) is 5.02.